The zero-order valence-corrected chi connectivity index (χ0v) is 11.9. The molecule has 2 rings (SSSR count). The number of carbonyl (C=O) groups excluding carboxylic acids is 1. The summed E-state index contributed by atoms with van der Waals surface area (Å²) in [4.78, 5) is 17.9. The second-order valence-electron chi connectivity index (χ2n) is 5.26. The van der Waals surface area contributed by atoms with Crippen LogP contribution in [-0.2, 0) is 17.9 Å². The molecule has 5 nitrogen and oxygen atoms in total. The fourth-order valence-corrected chi connectivity index (χ4v) is 2.51. The quantitative estimate of drug-likeness (QED) is 0.810. The van der Waals surface area contributed by atoms with E-state index in [-0.39, 0.29) is 0 Å². The lowest BCUT2D eigenvalue weighted by molar-refractivity contribution is -0.127. The molecule has 1 aromatic rings. The first kappa shape index (κ1) is 14.1. The number of amides is 1. The molecule has 1 fully saturated rings. The summed E-state index contributed by atoms with van der Waals surface area (Å²) in [5, 5.41) is 3.45. The molecule has 0 radical (unpaired) electrons. The Morgan fingerprint density at radius 2 is 2.37 bits per heavy atom. The molecule has 1 N–H and O–H groups in total. The SMILES string of the molecule is CCCn1ccnc1CNC(C)CN1CCCC1=O. The van der Waals surface area contributed by atoms with Crippen LogP contribution in [0, 0.1) is 0 Å². The van der Waals surface area contributed by atoms with Crippen molar-refractivity contribution in [1.82, 2.24) is 19.8 Å². The molecule has 1 unspecified atom stereocenters. The van der Waals surface area contributed by atoms with Gasteiger partial charge in [0.25, 0.3) is 0 Å². The Morgan fingerprint density at radius 3 is 3.05 bits per heavy atom. The van der Waals surface area contributed by atoms with Crippen molar-refractivity contribution in [3.63, 3.8) is 0 Å². The number of carbonyl (C=O) groups is 1. The van der Waals surface area contributed by atoms with Gasteiger partial charge in [-0.25, -0.2) is 4.98 Å². The van der Waals surface area contributed by atoms with Crippen molar-refractivity contribution in [3.05, 3.63) is 18.2 Å². The average molecular weight is 264 g/mol. The van der Waals surface area contributed by atoms with Crippen molar-refractivity contribution in [2.45, 2.75) is 52.2 Å². The van der Waals surface area contributed by atoms with Gasteiger partial charge in [-0.15, -0.1) is 0 Å². The summed E-state index contributed by atoms with van der Waals surface area (Å²) < 4.78 is 2.18. The van der Waals surface area contributed by atoms with Crippen molar-refractivity contribution in [2.75, 3.05) is 13.1 Å². The van der Waals surface area contributed by atoms with Gasteiger partial charge in [-0.05, 0) is 19.8 Å². The standard InChI is InChI=1S/C14H24N4O/c1-3-7-17-9-6-15-13(17)10-16-12(2)11-18-8-4-5-14(18)19/h6,9,12,16H,3-5,7-8,10-11H2,1-2H3. The molecule has 19 heavy (non-hydrogen) atoms. The third-order valence-corrected chi connectivity index (χ3v) is 3.54. The van der Waals surface area contributed by atoms with Crippen molar-refractivity contribution in [1.29, 1.82) is 0 Å². The summed E-state index contributed by atoms with van der Waals surface area (Å²) in [6.07, 6.45) is 6.71. The summed E-state index contributed by atoms with van der Waals surface area (Å²) >= 11 is 0. The fourth-order valence-electron chi connectivity index (χ4n) is 2.51. The molecule has 0 spiro atoms. The van der Waals surface area contributed by atoms with Crippen LogP contribution in [0.15, 0.2) is 12.4 Å². The lowest BCUT2D eigenvalue weighted by Crippen LogP contribution is -2.39. The van der Waals surface area contributed by atoms with Gasteiger partial charge in [0, 0.05) is 44.5 Å². The van der Waals surface area contributed by atoms with Crippen LogP contribution in [0.2, 0.25) is 0 Å². The number of aromatic nitrogens is 2. The van der Waals surface area contributed by atoms with E-state index in [1.165, 1.54) is 0 Å². The first-order valence-electron chi connectivity index (χ1n) is 7.22. The van der Waals surface area contributed by atoms with Crippen LogP contribution < -0.4 is 5.32 Å². The Morgan fingerprint density at radius 1 is 1.53 bits per heavy atom. The number of nitrogens with zero attached hydrogens (tertiary/aromatic N) is 3. The molecular weight excluding hydrogens is 240 g/mol. The maximum absolute atomic E-state index is 11.6. The minimum absolute atomic E-state index is 0.293. The Hall–Kier alpha value is -1.36. The summed E-state index contributed by atoms with van der Waals surface area (Å²) in [5.74, 6) is 1.36. The Kier molecular flexibility index (Phi) is 4.96. The smallest absolute Gasteiger partial charge is 0.222 e. The fraction of sp³-hybridized carbons (Fsp3) is 0.714. The third-order valence-electron chi connectivity index (χ3n) is 3.54. The summed E-state index contributed by atoms with van der Waals surface area (Å²) in [6.45, 7) is 7.77. The van der Waals surface area contributed by atoms with Gasteiger partial charge in [0.2, 0.25) is 5.91 Å². The number of rotatable bonds is 7. The normalized spacial score (nSPS) is 17.2. The second kappa shape index (κ2) is 6.70. The first-order chi connectivity index (χ1) is 9.20. The number of aryl methyl sites for hydroxylation is 1. The minimum Gasteiger partial charge on any atom is -0.341 e. The van der Waals surface area contributed by atoms with E-state index >= 15 is 0 Å². The maximum Gasteiger partial charge on any atom is 0.222 e. The number of hydrogen-bond acceptors (Lipinski definition) is 3. The number of likely N-dealkylation sites (tertiary alicyclic amines) is 1. The van der Waals surface area contributed by atoms with Crippen molar-refractivity contribution in [3.8, 4) is 0 Å². The van der Waals surface area contributed by atoms with E-state index in [1.54, 1.807) is 0 Å². The van der Waals surface area contributed by atoms with Gasteiger partial charge in [0.15, 0.2) is 0 Å². The molecule has 2 heterocycles. The second-order valence-corrected chi connectivity index (χ2v) is 5.26. The van der Waals surface area contributed by atoms with Gasteiger partial charge < -0.3 is 14.8 Å². The van der Waals surface area contributed by atoms with E-state index in [0.717, 1.165) is 44.8 Å². The van der Waals surface area contributed by atoms with Crippen molar-refractivity contribution < 1.29 is 4.79 Å². The molecule has 0 bridgehead atoms. The molecule has 0 aliphatic carbocycles. The van der Waals surface area contributed by atoms with E-state index in [4.69, 9.17) is 0 Å². The van der Waals surface area contributed by atoms with E-state index < -0.39 is 0 Å². The summed E-state index contributed by atoms with van der Waals surface area (Å²) in [7, 11) is 0. The van der Waals surface area contributed by atoms with Crippen molar-refractivity contribution in [2.24, 2.45) is 0 Å². The molecule has 1 aromatic heterocycles. The van der Waals surface area contributed by atoms with Crippen LogP contribution in [0.1, 0.15) is 38.9 Å². The van der Waals surface area contributed by atoms with Crippen LogP contribution in [-0.4, -0.2) is 39.5 Å². The van der Waals surface area contributed by atoms with Crippen LogP contribution in [0.25, 0.3) is 0 Å². The van der Waals surface area contributed by atoms with Gasteiger partial charge in [-0.2, -0.15) is 0 Å². The van der Waals surface area contributed by atoms with Crippen LogP contribution in [0.3, 0.4) is 0 Å². The van der Waals surface area contributed by atoms with Crippen LogP contribution in [0.4, 0.5) is 0 Å². The highest BCUT2D eigenvalue weighted by Gasteiger charge is 2.21. The molecule has 0 aromatic carbocycles. The zero-order valence-electron chi connectivity index (χ0n) is 11.9. The average Bonchev–Trinajstić information content (AvgIpc) is 2.98. The molecule has 1 atom stereocenters. The summed E-state index contributed by atoms with van der Waals surface area (Å²) in [5.41, 5.74) is 0. The van der Waals surface area contributed by atoms with E-state index in [0.29, 0.717) is 18.4 Å². The van der Waals surface area contributed by atoms with Gasteiger partial charge in [0.1, 0.15) is 5.82 Å². The Balaban J connectivity index is 1.78. The molecule has 106 valence electrons. The first-order valence-corrected chi connectivity index (χ1v) is 7.22. The number of nitrogens with one attached hydrogen (secondary N) is 1. The Labute approximate surface area is 115 Å². The van der Waals surface area contributed by atoms with Gasteiger partial charge >= 0.3 is 0 Å². The molecule has 0 saturated carbocycles. The molecule has 1 amide bonds. The third kappa shape index (κ3) is 3.80. The molecule has 1 saturated heterocycles. The Bertz CT molecular complexity index is 415. The van der Waals surface area contributed by atoms with E-state index in [2.05, 4.69) is 28.7 Å². The largest absolute Gasteiger partial charge is 0.341 e. The van der Waals surface area contributed by atoms with E-state index in [1.807, 2.05) is 17.3 Å². The van der Waals surface area contributed by atoms with Gasteiger partial charge in [-0.3, -0.25) is 4.79 Å². The molecular formula is C14H24N4O. The lowest BCUT2D eigenvalue weighted by atomic mass is 10.3. The van der Waals surface area contributed by atoms with E-state index in [9.17, 15) is 4.79 Å². The lowest BCUT2D eigenvalue weighted by Gasteiger charge is -2.21. The molecule has 1 aliphatic heterocycles. The van der Waals surface area contributed by atoms with Gasteiger partial charge in [0.05, 0.1) is 6.54 Å². The zero-order chi connectivity index (χ0) is 13.7. The monoisotopic (exact) mass is 264 g/mol. The van der Waals surface area contributed by atoms with Crippen LogP contribution >= 0.6 is 0 Å². The highest BCUT2D eigenvalue weighted by Crippen LogP contribution is 2.10. The summed E-state index contributed by atoms with van der Waals surface area (Å²) in [6, 6.07) is 0.300. The number of imidazole rings is 1. The van der Waals surface area contributed by atoms with Gasteiger partial charge in [-0.1, -0.05) is 6.92 Å². The predicted molar refractivity (Wildman–Crippen MR) is 74.6 cm³/mol. The maximum atomic E-state index is 11.6. The molecule has 5 heteroatoms. The minimum atomic E-state index is 0.293. The number of hydrogen-bond donors (Lipinski definition) is 1. The molecule has 1 aliphatic rings. The van der Waals surface area contributed by atoms with Crippen LogP contribution in [0.5, 0.6) is 0 Å². The highest BCUT2D eigenvalue weighted by atomic mass is 16.2. The highest BCUT2D eigenvalue weighted by molar-refractivity contribution is 5.78. The topological polar surface area (TPSA) is 50.2 Å². The van der Waals surface area contributed by atoms with Crippen molar-refractivity contribution >= 4 is 5.91 Å². The predicted octanol–water partition coefficient (Wildman–Crippen LogP) is 1.39.